The van der Waals surface area contributed by atoms with Gasteiger partial charge < -0.3 is 24.2 Å². The van der Waals surface area contributed by atoms with Gasteiger partial charge in [-0.15, -0.1) is 0 Å². The standard InChI is InChI=1S/C13H26NO6P/c1-3-19-21(17,8-10-4-5-18-13(10)16)14-7-12-11(15)6-9(2)20-12/h9-13,15-16H,3-8H2,1-2H3,(H,14,17)/t9-,10+,11-,12+,13?,21?/m0/s1. The summed E-state index contributed by atoms with van der Waals surface area (Å²) in [4.78, 5) is 0. The lowest BCUT2D eigenvalue weighted by atomic mass is 10.1. The van der Waals surface area contributed by atoms with Gasteiger partial charge in [0.25, 0.3) is 7.52 Å². The molecule has 2 saturated heterocycles. The van der Waals surface area contributed by atoms with Crippen molar-refractivity contribution in [3.8, 4) is 0 Å². The molecule has 21 heavy (non-hydrogen) atoms. The maximum absolute atomic E-state index is 12.8. The summed E-state index contributed by atoms with van der Waals surface area (Å²) >= 11 is 0. The Bertz CT molecular complexity index is 382. The molecule has 0 bridgehead atoms. The number of nitrogens with one attached hydrogen (secondary N) is 1. The Morgan fingerprint density at radius 2 is 2.19 bits per heavy atom. The monoisotopic (exact) mass is 323 g/mol. The number of hydrogen-bond donors (Lipinski definition) is 3. The molecule has 0 radical (unpaired) electrons. The fraction of sp³-hybridized carbons (Fsp3) is 1.00. The highest BCUT2D eigenvalue weighted by atomic mass is 31.2. The van der Waals surface area contributed by atoms with E-state index in [0.717, 1.165) is 0 Å². The van der Waals surface area contributed by atoms with E-state index in [9.17, 15) is 14.8 Å². The fourth-order valence-corrected chi connectivity index (χ4v) is 5.01. The van der Waals surface area contributed by atoms with E-state index in [1.54, 1.807) is 6.92 Å². The van der Waals surface area contributed by atoms with Crippen LogP contribution in [0, 0.1) is 5.92 Å². The van der Waals surface area contributed by atoms with Crippen molar-refractivity contribution in [1.82, 2.24) is 5.09 Å². The van der Waals surface area contributed by atoms with Gasteiger partial charge in [-0.3, -0.25) is 4.57 Å². The van der Waals surface area contributed by atoms with Crippen LogP contribution in [-0.4, -0.2) is 60.7 Å². The molecule has 0 aromatic rings. The van der Waals surface area contributed by atoms with Crippen molar-refractivity contribution in [3.63, 3.8) is 0 Å². The molecular formula is C13H26NO6P. The zero-order valence-electron chi connectivity index (χ0n) is 12.6. The predicted molar refractivity (Wildman–Crippen MR) is 77.1 cm³/mol. The van der Waals surface area contributed by atoms with Gasteiger partial charge in [-0.2, -0.15) is 0 Å². The molecular weight excluding hydrogens is 297 g/mol. The molecule has 3 N–H and O–H groups in total. The lowest BCUT2D eigenvalue weighted by Gasteiger charge is -2.25. The molecule has 0 amide bonds. The van der Waals surface area contributed by atoms with E-state index in [2.05, 4.69) is 5.09 Å². The minimum absolute atomic E-state index is 0.00309. The van der Waals surface area contributed by atoms with Crippen LogP contribution in [0.1, 0.15) is 26.7 Å². The van der Waals surface area contributed by atoms with Crippen molar-refractivity contribution in [2.45, 2.75) is 51.3 Å². The van der Waals surface area contributed by atoms with Gasteiger partial charge in [0.15, 0.2) is 6.29 Å². The molecule has 6 atom stereocenters. The van der Waals surface area contributed by atoms with Gasteiger partial charge in [-0.1, -0.05) is 0 Å². The zero-order valence-corrected chi connectivity index (χ0v) is 13.5. The number of aliphatic hydroxyl groups excluding tert-OH is 2. The first-order chi connectivity index (χ1) is 9.93. The second-order valence-electron chi connectivity index (χ2n) is 5.73. The molecule has 0 aromatic carbocycles. The first kappa shape index (κ1) is 17.3. The Morgan fingerprint density at radius 3 is 2.71 bits per heavy atom. The van der Waals surface area contributed by atoms with E-state index in [1.165, 1.54) is 0 Å². The normalized spacial score (nSPS) is 39.5. The van der Waals surface area contributed by atoms with Gasteiger partial charge in [0, 0.05) is 25.0 Å². The van der Waals surface area contributed by atoms with Crippen LogP contribution in [0.3, 0.4) is 0 Å². The molecule has 0 aliphatic carbocycles. The summed E-state index contributed by atoms with van der Waals surface area (Å²) in [6.45, 7) is 4.74. The molecule has 7 nitrogen and oxygen atoms in total. The van der Waals surface area contributed by atoms with Crippen molar-refractivity contribution in [2.24, 2.45) is 5.92 Å². The molecule has 2 rings (SSSR count). The van der Waals surface area contributed by atoms with Crippen molar-refractivity contribution in [2.75, 3.05) is 25.9 Å². The summed E-state index contributed by atoms with van der Waals surface area (Å²) in [6, 6.07) is 0. The molecule has 2 aliphatic rings. The third-order valence-corrected chi connectivity index (χ3v) is 6.23. The van der Waals surface area contributed by atoms with Gasteiger partial charge in [-0.05, 0) is 20.3 Å². The van der Waals surface area contributed by atoms with E-state index < -0.39 is 19.9 Å². The number of ether oxygens (including phenoxy) is 2. The summed E-state index contributed by atoms with van der Waals surface area (Å²) in [6.07, 6.45) is -0.334. The van der Waals surface area contributed by atoms with E-state index >= 15 is 0 Å². The molecule has 8 heteroatoms. The first-order valence-corrected chi connectivity index (χ1v) is 9.36. The number of rotatable bonds is 7. The molecule has 124 valence electrons. The largest absolute Gasteiger partial charge is 0.390 e. The Hall–Kier alpha value is -0.0100. The van der Waals surface area contributed by atoms with Crippen LogP contribution in [0.15, 0.2) is 0 Å². The van der Waals surface area contributed by atoms with E-state index in [0.29, 0.717) is 26.1 Å². The highest BCUT2D eigenvalue weighted by Crippen LogP contribution is 2.46. The highest BCUT2D eigenvalue weighted by molar-refractivity contribution is 7.56. The van der Waals surface area contributed by atoms with Crippen molar-refractivity contribution in [1.29, 1.82) is 0 Å². The van der Waals surface area contributed by atoms with Gasteiger partial charge in [-0.25, -0.2) is 5.09 Å². The van der Waals surface area contributed by atoms with E-state index in [-0.39, 0.29) is 30.8 Å². The molecule has 2 heterocycles. The topological polar surface area (TPSA) is 97.3 Å². The smallest absolute Gasteiger partial charge is 0.270 e. The molecule has 2 unspecified atom stereocenters. The average Bonchev–Trinajstić information content (AvgIpc) is 2.94. The predicted octanol–water partition coefficient (Wildman–Crippen LogP) is 0.699. The second kappa shape index (κ2) is 7.51. The van der Waals surface area contributed by atoms with Gasteiger partial charge in [0.2, 0.25) is 0 Å². The molecule has 0 spiro atoms. The molecule has 2 fully saturated rings. The van der Waals surface area contributed by atoms with Gasteiger partial charge in [0.05, 0.1) is 31.5 Å². The van der Waals surface area contributed by atoms with Crippen LogP contribution < -0.4 is 5.09 Å². The van der Waals surface area contributed by atoms with Crippen LogP contribution in [0.5, 0.6) is 0 Å². The Balaban J connectivity index is 1.89. The summed E-state index contributed by atoms with van der Waals surface area (Å²) in [5.74, 6) is -0.191. The third kappa shape index (κ3) is 4.73. The summed E-state index contributed by atoms with van der Waals surface area (Å²) in [7, 11) is -3.09. The van der Waals surface area contributed by atoms with Crippen LogP contribution in [-0.2, 0) is 18.6 Å². The molecule has 0 aromatic heterocycles. The Labute approximate surface area is 125 Å². The maximum atomic E-state index is 12.8. The highest BCUT2D eigenvalue weighted by Gasteiger charge is 2.37. The van der Waals surface area contributed by atoms with Crippen molar-refractivity contribution < 1.29 is 28.8 Å². The fourth-order valence-electron chi connectivity index (χ4n) is 2.83. The third-order valence-electron chi connectivity index (χ3n) is 3.94. The SMILES string of the molecule is CCOP(=O)(C[C@H]1CCOC1O)NC[C@H]1O[C@@H](C)C[C@@H]1O. The van der Waals surface area contributed by atoms with Crippen LogP contribution >= 0.6 is 7.52 Å². The van der Waals surface area contributed by atoms with E-state index in [4.69, 9.17) is 14.0 Å². The molecule has 0 saturated carbocycles. The zero-order chi connectivity index (χ0) is 15.5. The van der Waals surface area contributed by atoms with Crippen LogP contribution in [0.2, 0.25) is 0 Å². The lowest BCUT2D eigenvalue weighted by molar-refractivity contribution is -0.0784. The number of aliphatic hydroxyl groups is 2. The Morgan fingerprint density at radius 1 is 1.43 bits per heavy atom. The van der Waals surface area contributed by atoms with Gasteiger partial charge in [0.1, 0.15) is 0 Å². The summed E-state index contributed by atoms with van der Waals surface area (Å²) in [5, 5.41) is 22.5. The minimum atomic E-state index is -3.09. The lowest BCUT2D eigenvalue weighted by Crippen LogP contribution is -2.34. The maximum Gasteiger partial charge on any atom is 0.270 e. The van der Waals surface area contributed by atoms with Gasteiger partial charge >= 0.3 is 0 Å². The summed E-state index contributed by atoms with van der Waals surface area (Å²) in [5.41, 5.74) is 0. The van der Waals surface area contributed by atoms with E-state index in [1.807, 2.05) is 6.92 Å². The van der Waals surface area contributed by atoms with Crippen molar-refractivity contribution in [3.05, 3.63) is 0 Å². The molecule has 2 aliphatic heterocycles. The quantitative estimate of drug-likeness (QED) is 0.593. The van der Waals surface area contributed by atoms with Crippen LogP contribution in [0.4, 0.5) is 0 Å². The Kier molecular flexibility index (Phi) is 6.20. The van der Waals surface area contributed by atoms with Crippen LogP contribution in [0.25, 0.3) is 0 Å². The number of hydrogen-bond acceptors (Lipinski definition) is 6. The second-order valence-corrected chi connectivity index (χ2v) is 8.02. The average molecular weight is 323 g/mol. The van der Waals surface area contributed by atoms with Crippen molar-refractivity contribution >= 4 is 7.52 Å². The summed E-state index contributed by atoms with van der Waals surface area (Å²) < 4.78 is 28.9. The first-order valence-electron chi connectivity index (χ1n) is 7.55. The minimum Gasteiger partial charge on any atom is -0.390 e.